The van der Waals surface area contributed by atoms with E-state index in [1.807, 2.05) is 18.2 Å². The van der Waals surface area contributed by atoms with Crippen LogP contribution in [-0.4, -0.2) is 24.4 Å². The van der Waals surface area contributed by atoms with Gasteiger partial charge in [0.1, 0.15) is 17.3 Å². The molecular weight excluding hydrogens is 359 g/mol. The minimum absolute atomic E-state index is 0.119. The van der Waals surface area contributed by atoms with Crippen LogP contribution in [-0.2, 0) is 12.6 Å². The number of fused-ring (bicyclic) bond motifs is 3. The monoisotopic (exact) mass is 375 g/mol. The maximum atomic E-state index is 13.1. The Balaban J connectivity index is 1.70. The first-order chi connectivity index (χ1) is 12.9. The van der Waals surface area contributed by atoms with Gasteiger partial charge in [-0.3, -0.25) is 5.10 Å². The topological polar surface area (TPSA) is 59.2 Å². The second-order valence-corrected chi connectivity index (χ2v) is 6.16. The quantitative estimate of drug-likeness (QED) is 0.540. The number of hydrogen-bond acceptors (Lipinski definition) is 4. The molecule has 0 amide bonds. The Morgan fingerprint density at radius 2 is 1.89 bits per heavy atom. The van der Waals surface area contributed by atoms with Crippen LogP contribution in [0.25, 0.3) is 11.3 Å². The third-order valence-electron chi connectivity index (χ3n) is 4.57. The highest BCUT2D eigenvalue weighted by Gasteiger charge is 2.32. The van der Waals surface area contributed by atoms with Crippen molar-refractivity contribution in [3.05, 3.63) is 53.1 Å². The van der Waals surface area contributed by atoms with Crippen molar-refractivity contribution in [1.82, 2.24) is 10.2 Å². The van der Waals surface area contributed by atoms with Gasteiger partial charge in [0.25, 0.3) is 0 Å². The van der Waals surface area contributed by atoms with E-state index in [0.717, 1.165) is 40.3 Å². The molecule has 1 aliphatic carbocycles. The second-order valence-electron chi connectivity index (χ2n) is 6.16. The smallest absolute Gasteiger partial charge is 0.416 e. The van der Waals surface area contributed by atoms with Crippen LogP contribution in [0, 0.1) is 0 Å². The van der Waals surface area contributed by atoms with E-state index in [-0.39, 0.29) is 11.4 Å². The molecule has 0 aliphatic heterocycles. The van der Waals surface area contributed by atoms with E-state index in [0.29, 0.717) is 12.2 Å². The average molecular weight is 375 g/mol. The lowest BCUT2D eigenvalue weighted by Gasteiger charge is -2.13. The van der Waals surface area contributed by atoms with Crippen molar-refractivity contribution in [2.75, 3.05) is 19.5 Å². The van der Waals surface area contributed by atoms with E-state index in [4.69, 9.17) is 9.47 Å². The van der Waals surface area contributed by atoms with E-state index < -0.39 is 11.7 Å². The van der Waals surface area contributed by atoms with Crippen LogP contribution in [0.15, 0.2) is 36.4 Å². The van der Waals surface area contributed by atoms with E-state index in [1.54, 1.807) is 7.11 Å². The zero-order valence-electron chi connectivity index (χ0n) is 14.6. The second kappa shape index (κ2) is 6.22. The Morgan fingerprint density at radius 1 is 1.07 bits per heavy atom. The summed E-state index contributed by atoms with van der Waals surface area (Å²) in [7, 11) is 2.93. The number of anilines is 2. The predicted molar refractivity (Wildman–Crippen MR) is 94.7 cm³/mol. The van der Waals surface area contributed by atoms with Gasteiger partial charge in [-0.1, -0.05) is 12.1 Å². The molecule has 4 rings (SSSR count). The van der Waals surface area contributed by atoms with Crippen molar-refractivity contribution in [1.29, 1.82) is 0 Å². The first kappa shape index (κ1) is 17.3. The van der Waals surface area contributed by atoms with Crippen molar-refractivity contribution >= 4 is 11.5 Å². The van der Waals surface area contributed by atoms with Gasteiger partial charge in [-0.05, 0) is 18.2 Å². The number of ether oxygens (including phenoxy) is 2. The van der Waals surface area contributed by atoms with Gasteiger partial charge in [0.15, 0.2) is 0 Å². The Labute approximate surface area is 153 Å². The van der Waals surface area contributed by atoms with Crippen LogP contribution in [0.4, 0.5) is 24.7 Å². The van der Waals surface area contributed by atoms with Gasteiger partial charge in [-0.25, -0.2) is 0 Å². The molecule has 2 aromatic carbocycles. The van der Waals surface area contributed by atoms with Crippen LogP contribution in [0.3, 0.4) is 0 Å². The van der Waals surface area contributed by atoms with Crippen molar-refractivity contribution in [2.45, 2.75) is 12.6 Å². The number of alkyl halides is 3. The molecule has 1 heterocycles. The molecule has 27 heavy (non-hydrogen) atoms. The summed E-state index contributed by atoms with van der Waals surface area (Å²) in [6, 6.07) is 9.21. The normalized spacial score (nSPS) is 12.5. The molecule has 140 valence electrons. The van der Waals surface area contributed by atoms with Gasteiger partial charge >= 0.3 is 6.18 Å². The minimum Gasteiger partial charge on any atom is -0.497 e. The standard InChI is InChI=1S/C19H16F3N3O2/c1-26-12-7-10(19(20,21)22)6-11(8-12)23-18-15-9-14-13(17(15)24-25-18)4-3-5-16(14)27-2/h3-8H,9H2,1-2H3,(H2,23,24,25). The number of nitrogens with one attached hydrogen (secondary N) is 2. The molecule has 0 atom stereocenters. The summed E-state index contributed by atoms with van der Waals surface area (Å²) in [6.07, 6.45) is -3.89. The van der Waals surface area contributed by atoms with Crippen LogP contribution >= 0.6 is 0 Å². The van der Waals surface area contributed by atoms with Crippen molar-refractivity contribution < 1.29 is 22.6 Å². The van der Waals surface area contributed by atoms with Gasteiger partial charge < -0.3 is 14.8 Å². The zero-order chi connectivity index (χ0) is 19.2. The Morgan fingerprint density at radius 3 is 2.59 bits per heavy atom. The number of benzene rings is 2. The molecule has 0 unspecified atom stereocenters. The average Bonchev–Trinajstić information content (AvgIpc) is 3.20. The van der Waals surface area contributed by atoms with Crippen LogP contribution in [0.5, 0.6) is 11.5 Å². The number of methoxy groups -OCH3 is 2. The largest absolute Gasteiger partial charge is 0.497 e. The first-order valence-corrected chi connectivity index (χ1v) is 8.17. The molecule has 1 aromatic heterocycles. The molecule has 3 aromatic rings. The fourth-order valence-corrected chi connectivity index (χ4v) is 3.30. The Hall–Kier alpha value is -3.16. The summed E-state index contributed by atoms with van der Waals surface area (Å²) >= 11 is 0. The molecule has 2 N–H and O–H groups in total. The van der Waals surface area contributed by atoms with Crippen molar-refractivity contribution in [3.8, 4) is 22.8 Å². The summed E-state index contributed by atoms with van der Waals surface area (Å²) in [6.45, 7) is 0. The van der Waals surface area contributed by atoms with E-state index in [9.17, 15) is 13.2 Å². The number of rotatable bonds is 4. The van der Waals surface area contributed by atoms with Crippen LogP contribution in [0.2, 0.25) is 0 Å². The summed E-state index contributed by atoms with van der Waals surface area (Å²) < 4.78 is 49.8. The highest BCUT2D eigenvalue weighted by atomic mass is 19.4. The lowest BCUT2D eigenvalue weighted by molar-refractivity contribution is -0.137. The third kappa shape index (κ3) is 2.97. The molecule has 0 spiro atoms. The number of halogens is 3. The maximum absolute atomic E-state index is 13.1. The van der Waals surface area contributed by atoms with Gasteiger partial charge in [-0.15, -0.1) is 0 Å². The van der Waals surface area contributed by atoms with Gasteiger partial charge in [0.05, 0.1) is 25.5 Å². The number of aromatic amines is 1. The lowest BCUT2D eigenvalue weighted by Crippen LogP contribution is -2.06. The van der Waals surface area contributed by atoms with Gasteiger partial charge in [0.2, 0.25) is 0 Å². The zero-order valence-corrected chi connectivity index (χ0v) is 14.6. The highest BCUT2D eigenvalue weighted by Crippen LogP contribution is 2.43. The van der Waals surface area contributed by atoms with Gasteiger partial charge in [0, 0.05) is 34.9 Å². The molecule has 0 saturated carbocycles. The fraction of sp³-hybridized carbons (Fsp3) is 0.211. The van der Waals surface area contributed by atoms with Crippen molar-refractivity contribution in [3.63, 3.8) is 0 Å². The molecule has 0 saturated heterocycles. The molecule has 0 bridgehead atoms. The van der Waals surface area contributed by atoms with Crippen LogP contribution < -0.4 is 14.8 Å². The highest BCUT2D eigenvalue weighted by molar-refractivity contribution is 5.81. The Bertz CT molecular complexity index is 1010. The number of hydrogen-bond donors (Lipinski definition) is 2. The van der Waals surface area contributed by atoms with Crippen LogP contribution in [0.1, 0.15) is 16.7 Å². The first-order valence-electron chi connectivity index (χ1n) is 8.17. The SMILES string of the molecule is COc1cc(Nc2[nH]nc3c2Cc2c(OC)cccc2-3)cc(C(F)(F)F)c1. The molecule has 0 fully saturated rings. The summed E-state index contributed by atoms with van der Waals surface area (Å²) in [5.74, 6) is 1.43. The Kier molecular flexibility index (Phi) is 3.98. The van der Waals surface area contributed by atoms with E-state index >= 15 is 0 Å². The molecule has 1 aliphatic rings. The molecule has 0 radical (unpaired) electrons. The van der Waals surface area contributed by atoms with Gasteiger partial charge in [-0.2, -0.15) is 18.3 Å². The molecule has 8 heteroatoms. The van der Waals surface area contributed by atoms with Crippen molar-refractivity contribution in [2.24, 2.45) is 0 Å². The summed E-state index contributed by atoms with van der Waals surface area (Å²) in [4.78, 5) is 0. The predicted octanol–water partition coefficient (Wildman–Crippen LogP) is 4.76. The summed E-state index contributed by atoms with van der Waals surface area (Å²) in [5.41, 5.74) is 3.09. The number of H-pyrrole nitrogens is 1. The number of nitrogens with zero attached hydrogens (tertiary/aromatic N) is 1. The van der Waals surface area contributed by atoms with E-state index in [1.165, 1.54) is 13.2 Å². The maximum Gasteiger partial charge on any atom is 0.416 e. The fourth-order valence-electron chi connectivity index (χ4n) is 3.30. The molecular formula is C19H16F3N3O2. The molecule has 5 nitrogen and oxygen atoms in total. The van der Waals surface area contributed by atoms with E-state index in [2.05, 4.69) is 15.5 Å². The number of aromatic nitrogens is 2. The third-order valence-corrected chi connectivity index (χ3v) is 4.57. The lowest BCUT2D eigenvalue weighted by atomic mass is 10.1. The minimum atomic E-state index is -4.47. The summed E-state index contributed by atoms with van der Waals surface area (Å²) in [5, 5.41) is 10.2.